The summed E-state index contributed by atoms with van der Waals surface area (Å²) >= 11 is 0. The molecule has 0 amide bonds. The normalized spacial score (nSPS) is 10.8. The fourth-order valence-electron chi connectivity index (χ4n) is 1.39. The van der Waals surface area contributed by atoms with Crippen LogP contribution in [0.3, 0.4) is 0 Å². The molecule has 1 aromatic carbocycles. The molecule has 3 nitrogen and oxygen atoms in total. The second-order valence-electron chi connectivity index (χ2n) is 4.22. The van der Waals surface area contributed by atoms with Gasteiger partial charge in [0, 0.05) is 19.2 Å². The zero-order valence-corrected chi connectivity index (χ0v) is 11.0. The molecule has 1 aromatic rings. The number of benzene rings is 1. The Bertz CT molecular complexity index is 296. The van der Waals surface area contributed by atoms with Gasteiger partial charge >= 0.3 is 0 Å². The smallest absolute Gasteiger partial charge is 0.119 e. The van der Waals surface area contributed by atoms with Crippen LogP contribution in [-0.4, -0.2) is 25.9 Å². The second-order valence-corrected chi connectivity index (χ2v) is 4.22. The molecule has 0 spiro atoms. The Balaban J connectivity index is 2.29. The highest BCUT2D eigenvalue weighted by Crippen LogP contribution is 2.12. The Kier molecular flexibility index (Phi) is 6.67. The van der Waals surface area contributed by atoms with E-state index in [1.807, 2.05) is 19.1 Å². The summed E-state index contributed by atoms with van der Waals surface area (Å²) in [6, 6.07) is 8.70. The van der Waals surface area contributed by atoms with Gasteiger partial charge in [0.2, 0.25) is 0 Å². The molecular weight excluding hydrogens is 214 g/mol. The number of hydrogen-bond acceptors (Lipinski definition) is 3. The minimum absolute atomic E-state index is 0.511. The molecule has 0 radical (unpaired) electrons. The zero-order chi connectivity index (χ0) is 12.5. The zero-order valence-electron chi connectivity index (χ0n) is 11.0. The molecule has 17 heavy (non-hydrogen) atoms. The van der Waals surface area contributed by atoms with Gasteiger partial charge in [-0.1, -0.05) is 26.0 Å². The van der Waals surface area contributed by atoms with Gasteiger partial charge in [0.1, 0.15) is 12.4 Å². The molecule has 0 fully saturated rings. The summed E-state index contributed by atoms with van der Waals surface area (Å²) in [7, 11) is 0. The molecule has 0 aromatic heterocycles. The summed E-state index contributed by atoms with van der Waals surface area (Å²) in [5.41, 5.74) is 1.27. The third-order valence-corrected chi connectivity index (χ3v) is 2.34. The van der Waals surface area contributed by atoms with Gasteiger partial charge in [-0.15, -0.1) is 0 Å². The molecule has 0 aliphatic carbocycles. The van der Waals surface area contributed by atoms with E-state index in [0.717, 1.165) is 18.9 Å². The average Bonchev–Trinajstić information content (AvgIpc) is 2.33. The van der Waals surface area contributed by atoms with Crippen molar-refractivity contribution in [2.75, 3.05) is 19.8 Å². The lowest BCUT2D eigenvalue weighted by Gasteiger charge is -2.09. The van der Waals surface area contributed by atoms with Crippen molar-refractivity contribution < 1.29 is 9.47 Å². The van der Waals surface area contributed by atoms with Crippen LogP contribution in [0.25, 0.3) is 0 Å². The van der Waals surface area contributed by atoms with Gasteiger partial charge < -0.3 is 14.8 Å². The molecular formula is C14H23NO2. The maximum atomic E-state index is 5.54. The first kappa shape index (κ1) is 14.0. The lowest BCUT2D eigenvalue weighted by molar-refractivity contribution is 0.110. The van der Waals surface area contributed by atoms with Crippen molar-refractivity contribution in [3.63, 3.8) is 0 Å². The van der Waals surface area contributed by atoms with E-state index >= 15 is 0 Å². The van der Waals surface area contributed by atoms with Crippen LogP contribution in [0.5, 0.6) is 5.75 Å². The van der Waals surface area contributed by atoms with Crippen molar-refractivity contribution >= 4 is 0 Å². The first-order valence-electron chi connectivity index (χ1n) is 6.25. The average molecular weight is 237 g/mol. The van der Waals surface area contributed by atoms with E-state index in [1.54, 1.807) is 0 Å². The predicted molar refractivity (Wildman–Crippen MR) is 70.4 cm³/mol. The SMILES string of the molecule is CCOCCOc1ccc(CNC(C)C)cc1. The summed E-state index contributed by atoms with van der Waals surface area (Å²) in [6.07, 6.45) is 0. The molecule has 0 heterocycles. The monoisotopic (exact) mass is 237 g/mol. The quantitative estimate of drug-likeness (QED) is 0.705. The molecule has 3 heteroatoms. The van der Waals surface area contributed by atoms with Gasteiger partial charge in [-0.2, -0.15) is 0 Å². The molecule has 0 saturated carbocycles. The van der Waals surface area contributed by atoms with Crippen LogP contribution in [0.2, 0.25) is 0 Å². The van der Waals surface area contributed by atoms with E-state index in [2.05, 4.69) is 31.3 Å². The topological polar surface area (TPSA) is 30.5 Å². The van der Waals surface area contributed by atoms with Crippen LogP contribution in [-0.2, 0) is 11.3 Å². The first-order chi connectivity index (χ1) is 8.22. The molecule has 0 saturated heterocycles. The molecule has 0 bridgehead atoms. The third kappa shape index (κ3) is 6.29. The highest BCUT2D eigenvalue weighted by atomic mass is 16.5. The molecule has 0 aliphatic heterocycles. The van der Waals surface area contributed by atoms with Gasteiger partial charge in [0.15, 0.2) is 0 Å². The summed E-state index contributed by atoms with van der Waals surface area (Å²) in [5, 5.41) is 3.38. The third-order valence-electron chi connectivity index (χ3n) is 2.34. The minimum atomic E-state index is 0.511. The molecule has 0 aliphatic rings. The van der Waals surface area contributed by atoms with Gasteiger partial charge in [0.05, 0.1) is 6.61 Å². The van der Waals surface area contributed by atoms with E-state index in [9.17, 15) is 0 Å². The molecule has 0 atom stereocenters. The van der Waals surface area contributed by atoms with Crippen molar-refractivity contribution in [2.45, 2.75) is 33.4 Å². The summed E-state index contributed by atoms with van der Waals surface area (Å²) in [6.45, 7) is 9.16. The largest absolute Gasteiger partial charge is 0.491 e. The standard InChI is InChI=1S/C14H23NO2/c1-4-16-9-10-17-14-7-5-13(6-8-14)11-15-12(2)3/h5-8,12,15H,4,9-11H2,1-3H3. The van der Waals surface area contributed by atoms with E-state index in [-0.39, 0.29) is 0 Å². The minimum Gasteiger partial charge on any atom is -0.491 e. The number of hydrogen-bond donors (Lipinski definition) is 1. The van der Waals surface area contributed by atoms with Crippen LogP contribution in [0.15, 0.2) is 24.3 Å². The van der Waals surface area contributed by atoms with Crippen molar-refractivity contribution in [1.29, 1.82) is 0 Å². The van der Waals surface area contributed by atoms with Crippen LogP contribution < -0.4 is 10.1 Å². The Hall–Kier alpha value is -1.06. The van der Waals surface area contributed by atoms with Crippen molar-refractivity contribution in [3.05, 3.63) is 29.8 Å². The molecule has 0 unspecified atom stereocenters. The van der Waals surface area contributed by atoms with Crippen molar-refractivity contribution in [3.8, 4) is 5.75 Å². The van der Waals surface area contributed by atoms with Crippen molar-refractivity contribution in [2.24, 2.45) is 0 Å². The summed E-state index contributed by atoms with van der Waals surface area (Å²) in [5.74, 6) is 0.901. The van der Waals surface area contributed by atoms with E-state index in [1.165, 1.54) is 5.56 Å². The fraction of sp³-hybridized carbons (Fsp3) is 0.571. The Morgan fingerprint density at radius 2 is 1.82 bits per heavy atom. The van der Waals surface area contributed by atoms with E-state index in [0.29, 0.717) is 19.3 Å². The molecule has 96 valence electrons. The number of rotatable bonds is 8. The summed E-state index contributed by atoms with van der Waals surface area (Å²) in [4.78, 5) is 0. The maximum Gasteiger partial charge on any atom is 0.119 e. The van der Waals surface area contributed by atoms with Crippen LogP contribution in [0.1, 0.15) is 26.3 Å². The lowest BCUT2D eigenvalue weighted by Crippen LogP contribution is -2.21. The Morgan fingerprint density at radius 1 is 1.12 bits per heavy atom. The van der Waals surface area contributed by atoms with Gasteiger partial charge in [-0.05, 0) is 24.6 Å². The van der Waals surface area contributed by atoms with E-state index in [4.69, 9.17) is 9.47 Å². The maximum absolute atomic E-state index is 5.54. The van der Waals surface area contributed by atoms with Gasteiger partial charge in [-0.25, -0.2) is 0 Å². The highest BCUT2D eigenvalue weighted by Gasteiger charge is 1.97. The van der Waals surface area contributed by atoms with Crippen LogP contribution >= 0.6 is 0 Å². The number of ether oxygens (including phenoxy) is 2. The van der Waals surface area contributed by atoms with Gasteiger partial charge in [-0.3, -0.25) is 0 Å². The Morgan fingerprint density at radius 3 is 2.41 bits per heavy atom. The first-order valence-corrected chi connectivity index (χ1v) is 6.25. The Labute approximate surface area is 104 Å². The van der Waals surface area contributed by atoms with Crippen molar-refractivity contribution in [1.82, 2.24) is 5.32 Å². The second kappa shape index (κ2) is 8.09. The van der Waals surface area contributed by atoms with Crippen LogP contribution in [0, 0.1) is 0 Å². The molecule has 1 N–H and O–H groups in total. The number of nitrogens with one attached hydrogen (secondary N) is 1. The molecule has 1 rings (SSSR count). The summed E-state index contributed by atoms with van der Waals surface area (Å²) < 4.78 is 10.8. The highest BCUT2D eigenvalue weighted by molar-refractivity contribution is 5.27. The van der Waals surface area contributed by atoms with E-state index < -0.39 is 0 Å². The predicted octanol–water partition coefficient (Wildman–Crippen LogP) is 2.60. The van der Waals surface area contributed by atoms with Crippen LogP contribution in [0.4, 0.5) is 0 Å². The lowest BCUT2D eigenvalue weighted by atomic mass is 10.2. The fourth-order valence-corrected chi connectivity index (χ4v) is 1.39. The van der Waals surface area contributed by atoms with Gasteiger partial charge in [0.25, 0.3) is 0 Å².